The molecular weight excluding hydrogens is 228 g/mol. The Morgan fingerprint density at radius 3 is 2.47 bits per heavy atom. The molecular formula is C14H22N2S. The van der Waals surface area contributed by atoms with Gasteiger partial charge in [0.15, 0.2) is 0 Å². The van der Waals surface area contributed by atoms with Crippen molar-refractivity contribution < 1.29 is 0 Å². The molecule has 3 heteroatoms. The van der Waals surface area contributed by atoms with E-state index in [-0.39, 0.29) is 0 Å². The summed E-state index contributed by atoms with van der Waals surface area (Å²) in [6.45, 7) is 3.40. The summed E-state index contributed by atoms with van der Waals surface area (Å²) in [5.41, 5.74) is 1.42. The second kappa shape index (κ2) is 6.43. The van der Waals surface area contributed by atoms with Crippen LogP contribution in [-0.4, -0.2) is 37.3 Å². The number of hydrogen-bond donors (Lipinski definition) is 1. The van der Waals surface area contributed by atoms with Crippen molar-refractivity contribution in [1.82, 2.24) is 10.2 Å². The zero-order valence-corrected chi connectivity index (χ0v) is 11.6. The summed E-state index contributed by atoms with van der Waals surface area (Å²) in [5.74, 6) is 0. The zero-order valence-electron chi connectivity index (χ0n) is 10.8. The minimum absolute atomic E-state index is 0.747. The Balaban J connectivity index is 1.89. The molecule has 1 saturated heterocycles. The second-order valence-corrected chi connectivity index (χ2v) is 5.62. The molecule has 0 atom stereocenters. The van der Waals surface area contributed by atoms with Gasteiger partial charge in [-0.05, 0) is 56.9 Å². The van der Waals surface area contributed by atoms with Crippen LogP contribution in [-0.2, 0) is 6.54 Å². The highest BCUT2D eigenvalue weighted by Crippen LogP contribution is 2.17. The average molecular weight is 250 g/mol. The second-order valence-electron chi connectivity index (χ2n) is 4.74. The number of nitrogens with one attached hydrogen (secondary N) is 1. The first-order chi connectivity index (χ1) is 8.29. The molecule has 0 saturated carbocycles. The van der Waals surface area contributed by atoms with Crippen LogP contribution < -0.4 is 5.32 Å². The first kappa shape index (κ1) is 12.9. The van der Waals surface area contributed by atoms with Crippen molar-refractivity contribution in [3.63, 3.8) is 0 Å². The van der Waals surface area contributed by atoms with E-state index >= 15 is 0 Å². The molecule has 2 rings (SSSR count). The number of rotatable bonds is 4. The summed E-state index contributed by atoms with van der Waals surface area (Å²) in [5, 5.41) is 3.42. The summed E-state index contributed by atoms with van der Waals surface area (Å²) in [7, 11) is 2.25. The molecule has 0 amide bonds. The molecule has 0 bridgehead atoms. The first-order valence-electron chi connectivity index (χ1n) is 6.33. The van der Waals surface area contributed by atoms with E-state index < -0.39 is 0 Å². The molecule has 0 aliphatic carbocycles. The molecule has 0 aromatic heterocycles. The van der Waals surface area contributed by atoms with Crippen LogP contribution >= 0.6 is 11.8 Å². The van der Waals surface area contributed by atoms with Crippen molar-refractivity contribution in [3.05, 3.63) is 29.8 Å². The fraction of sp³-hybridized carbons (Fsp3) is 0.571. The third kappa shape index (κ3) is 3.73. The smallest absolute Gasteiger partial charge is 0.0233 e. The van der Waals surface area contributed by atoms with Crippen molar-refractivity contribution in [2.75, 3.05) is 26.4 Å². The van der Waals surface area contributed by atoms with Gasteiger partial charge in [-0.2, -0.15) is 0 Å². The third-order valence-corrected chi connectivity index (χ3v) is 4.27. The SMILES string of the molecule is CSc1ccc(CN(C)C2CCNCC2)cc1. The maximum Gasteiger partial charge on any atom is 0.0233 e. The van der Waals surface area contributed by atoms with Gasteiger partial charge in [-0.25, -0.2) is 0 Å². The highest BCUT2D eigenvalue weighted by Gasteiger charge is 2.17. The van der Waals surface area contributed by atoms with Gasteiger partial charge in [-0.1, -0.05) is 12.1 Å². The maximum absolute atomic E-state index is 3.42. The number of hydrogen-bond acceptors (Lipinski definition) is 3. The van der Waals surface area contributed by atoms with Crippen LogP contribution in [0.1, 0.15) is 18.4 Å². The lowest BCUT2D eigenvalue weighted by atomic mass is 10.0. The largest absolute Gasteiger partial charge is 0.317 e. The molecule has 0 radical (unpaired) electrons. The molecule has 1 aromatic carbocycles. The van der Waals surface area contributed by atoms with Gasteiger partial charge in [0.2, 0.25) is 0 Å². The summed E-state index contributed by atoms with van der Waals surface area (Å²) >= 11 is 1.80. The van der Waals surface area contributed by atoms with Crippen LogP contribution in [0.15, 0.2) is 29.2 Å². The monoisotopic (exact) mass is 250 g/mol. The van der Waals surface area contributed by atoms with Gasteiger partial charge >= 0.3 is 0 Å². The van der Waals surface area contributed by atoms with E-state index in [2.05, 4.69) is 47.8 Å². The Morgan fingerprint density at radius 2 is 1.88 bits per heavy atom. The molecule has 1 heterocycles. The van der Waals surface area contributed by atoms with Gasteiger partial charge in [0, 0.05) is 17.5 Å². The van der Waals surface area contributed by atoms with E-state index in [9.17, 15) is 0 Å². The number of thioether (sulfide) groups is 1. The molecule has 0 spiro atoms. The van der Waals surface area contributed by atoms with Gasteiger partial charge in [0.25, 0.3) is 0 Å². The quantitative estimate of drug-likeness (QED) is 0.827. The minimum Gasteiger partial charge on any atom is -0.317 e. The Kier molecular flexibility index (Phi) is 4.89. The zero-order chi connectivity index (χ0) is 12.1. The number of piperidine rings is 1. The van der Waals surface area contributed by atoms with Crippen molar-refractivity contribution in [2.24, 2.45) is 0 Å². The first-order valence-corrected chi connectivity index (χ1v) is 7.56. The number of benzene rings is 1. The fourth-order valence-electron chi connectivity index (χ4n) is 2.40. The molecule has 1 N–H and O–H groups in total. The van der Waals surface area contributed by atoms with Crippen LogP contribution in [0.25, 0.3) is 0 Å². The van der Waals surface area contributed by atoms with E-state index in [0.717, 1.165) is 12.6 Å². The van der Waals surface area contributed by atoms with Crippen LogP contribution in [0.3, 0.4) is 0 Å². The third-order valence-electron chi connectivity index (χ3n) is 3.52. The summed E-state index contributed by atoms with van der Waals surface area (Å²) in [6.07, 6.45) is 4.68. The lowest BCUT2D eigenvalue weighted by Crippen LogP contribution is -2.40. The minimum atomic E-state index is 0.747. The lowest BCUT2D eigenvalue weighted by molar-refractivity contribution is 0.192. The van der Waals surface area contributed by atoms with Crippen molar-refractivity contribution in [1.29, 1.82) is 0 Å². The predicted octanol–water partition coefficient (Wildman–Crippen LogP) is 2.59. The van der Waals surface area contributed by atoms with Crippen LogP contribution in [0.5, 0.6) is 0 Å². The van der Waals surface area contributed by atoms with Crippen LogP contribution in [0, 0.1) is 0 Å². The normalized spacial score (nSPS) is 17.6. The molecule has 1 aromatic rings. The van der Waals surface area contributed by atoms with Crippen LogP contribution in [0.4, 0.5) is 0 Å². The maximum atomic E-state index is 3.42. The average Bonchev–Trinajstić information content (AvgIpc) is 2.40. The highest BCUT2D eigenvalue weighted by molar-refractivity contribution is 7.98. The topological polar surface area (TPSA) is 15.3 Å². The molecule has 94 valence electrons. The Bertz CT molecular complexity index is 331. The van der Waals surface area contributed by atoms with E-state index in [1.165, 1.54) is 36.4 Å². The van der Waals surface area contributed by atoms with E-state index in [1.54, 1.807) is 11.8 Å². The van der Waals surface area contributed by atoms with Gasteiger partial charge in [-0.15, -0.1) is 11.8 Å². The highest BCUT2D eigenvalue weighted by atomic mass is 32.2. The molecule has 2 nitrogen and oxygen atoms in total. The summed E-state index contributed by atoms with van der Waals surface area (Å²) < 4.78 is 0. The van der Waals surface area contributed by atoms with Gasteiger partial charge in [-0.3, -0.25) is 4.90 Å². The Labute approximate surface area is 109 Å². The van der Waals surface area contributed by atoms with Crippen LogP contribution in [0.2, 0.25) is 0 Å². The molecule has 1 aliphatic heterocycles. The van der Waals surface area contributed by atoms with Gasteiger partial charge < -0.3 is 5.32 Å². The summed E-state index contributed by atoms with van der Waals surface area (Å²) in [6, 6.07) is 9.69. The molecule has 1 fully saturated rings. The predicted molar refractivity (Wildman–Crippen MR) is 75.6 cm³/mol. The van der Waals surface area contributed by atoms with E-state index in [4.69, 9.17) is 0 Å². The lowest BCUT2D eigenvalue weighted by Gasteiger charge is -2.31. The van der Waals surface area contributed by atoms with Crippen molar-refractivity contribution >= 4 is 11.8 Å². The molecule has 17 heavy (non-hydrogen) atoms. The standard InChI is InChI=1S/C14H22N2S/c1-16(13-7-9-15-10-8-13)11-12-3-5-14(17-2)6-4-12/h3-6,13,15H,7-11H2,1-2H3. The van der Waals surface area contributed by atoms with Crippen molar-refractivity contribution in [2.45, 2.75) is 30.3 Å². The summed E-state index contributed by atoms with van der Waals surface area (Å²) in [4.78, 5) is 3.84. The fourth-order valence-corrected chi connectivity index (χ4v) is 2.80. The van der Waals surface area contributed by atoms with Crippen molar-refractivity contribution in [3.8, 4) is 0 Å². The Morgan fingerprint density at radius 1 is 1.24 bits per heavy atom. The Hall–Kier alpha value is -0.510. The van der Waals surface area contributed by atoms with Gasteiger partial charge in [0.1, 0.15) is 0 Å². The van der Waals surface area contributed by atoms with E-state index in [0.29, 0.717) is 0 Å². The van der Waals surface area contributed by atoms with E-state index in [1.807, 2.05) is 0 Å². The van der Waals surface area contributed by atoms with Gasteiger partial charge in [0.05, 0.1) is 0 Å². The molecule has 0 unspecified atom stereocenters. The number of nitrogens with zero attached hydrogens (tertiary/aromatic N) is 1. The molecule has 1 aliphatic rings.